The number of nitrogens with zero attached hydrogens (tertiary/aromatic N) is 1. The fourth-order valence-electron chi connectivity index (χ4n) is 2.91. The Labute approximate surface area is 130 Å². The first-order chi connectivity index (χ1) is 10.4. The number of carbonyl (C=O) groups excluding carboxylic acids is 1. The predicted octanol–water partition coefficient (Wildman–Crippen LogP) is 1.80. The van der Waals surface area contributed by atoms with Gasteiger partial charge in [0.2, 0.25) is 0 Å². The molecule has 2 atom stereocenters. The number of hydrogen-bond donors (Lipinski definition) is 2. The molecule has 2 rings (SSSR count). The van der Waals surface area contributed by atoms with Crippen LogP contribution in [0.25, 0.3) is 0 Å². The predicted molar refractivity (Wildman–Crippen MR) is 83.2 cm³/mol. The lowest BCUT2D eigenvalue weighted by Crippen LogP contribution is -2.32. The minimum atomic E-state index is -0.441. The van der Waals surface area contributed by atoms with Crippen LogP contribution in [0.5, 0.6) is 5.75 Å². The van der Waals surface area contributed by atoms with Crippen LogP contribution in [0.3, 0.4) is 0 Å². The molecule has 1 aromatic carbocycles. The third-order valence-electron chi connectivity index (χ3n) is 4.36. The Morgan fingerprint density at radius 3 is 2.55 bits per heavy atom. The summed E-state index contributed by atoms with van der Waals surface area (Å²) < 4.78 is 18.5. The molecule has 1 heterocycles. The smallest absolute Gasteiger partial charge is 0.257 e. The summed E-state index contributed by atoms with van der Waals surface area (Å²) in [4.78, 5) is 14.1. The van der Waals surface area contributed by atoms with Gasteiger partial charge in [0.05, 0.1) is 12.7 Å². The molecule has 2 N–H and O–H groups in total. The fourth-order valence-corrected chi connectivity index (χ4v) is 2.91. The zero-order valence-corrected chi connectivity index (χ0v) is 13.5. The summed E-state index contributed by atoms with van der Waals surface area (Å²) in [5.74, 6) is 0.174. The van der Waals surface area contributed by atoms with Crippen LogP contribution in [0, 0.1) is 11.7 Å². The summed E-state index contributed by atoms with van der Waals surface area (Å²) in [6.45, 7) is 4.86. The minimum Gasteiger partial charge on any atom is -0.496 e. The van der Waals surface area contributed by atoms with Crippen LogP contribution in [-0.4, -0.2) is 43.6 Å². The summed E-state index contributed by atoms with van der Waals surface area (Å²) in [7, 11) is 3.21. The number of nitrogens with one attached hydrogen (secondary N) is 2. The number of benzene rings is 1. The summed E-state index contributed by atoms with van der Waals surface area (Å²) >= 11 is 0. The van der Waals surface area contributed by atoms with E-state index in [1.165, 1.54) is 25.3 Å². The average Bonchev–Trinajstić information content (AvgIpc) is 2.82. The maximum atomic E-state index is 13.4. The molecule has 0 radical (unpaired) electrons. The highest BCUT2D eigenvalue weighted by Crippen LogP contribution is 2.22. The minimum absolute atomic E-state index is 0.226. The van der Waals surface area contributed by atoms with Crippen molar-refractivity contribution in [1.82, 2.24) is 15.8 Å². The second kappa shape index (κ2) is 7.07. The van der Waals surface area contributed by atoms with Crippen LogP contribution in [0.1, 0.15) is 30.6 Å². The van der Waals surface area contributed by atoms with Crippen molar-refractivity contribution in [1.29, 1.82) is 0 Å². The van der Waals surface area contributed by atoms with Gasteiger partial charge >= 0.3 is 0 Å². The SMILES string of the molecule is COc1ccc(F)cc1C(=O)N(C)CCC1C(C)NNC1C. The monoisotopic (exact) mass is 309 g/mol. The van der Waals surface area contributed by atoms with E-state index in [-0.39, 0.29) is 11.5 Å². The third kappa shape index (κ3) is 3.56. The van der Waals surface area contributed by atoms with Gasteiger partial charge in [-0.25, -0.2) is 4.39 Å². The number of halogens is 1. The average molecular weight is 309 g/mol. The maximum Gasteiger partial charge on any atom is 0.257 e. The molecule has 1 fully saturated rings. The molecule has 0 spiro atoms. The lowest BCUT2D eigenvalue weighted by atomic mass is 9.93. The van der Waals surface area contributed by atoms with Gasteiger partial charge < -0.3 is 9.64 Å². The second-order valence-electron chi connectivity index (χ2n) is 5.89. The fraction of sp³-hybridized carbons (Fsp3) is 0.562. The highest BCUT2D eigenvalue weighted by Gasteiger charge is 2.30. The second-order valence-corrected chi connectivity index (χ2v) is 5.89. The summed E-state index contributed by atoms with van der Waals surface area (Å²) in [5, 5.41) is 0. The van der Waals surface area contributed by atoms with Gasteiger partial charge in [0.25, 0.3) is 5.91 Å². The van der Waals surface area contributed by atoms with Gasteiger partial charge in [-0.2, -0.15) is 0 Å². The number of methoxy groups -OCH3 is 1. The first-order valence-electron chi connectivity index (χ1n) is 7.54. The molecule has 22 heavy (non-hydrogen) atoms. The summed E-state index contributed by atoms with van der Waals surface area (Å²) in [5.41, 5.74) is 6.67. The van der Waals surface area contributed by atoms with Crippen molar-refractivity contribution < 1.29 is 13.9 Å². The molecule has 6 heteroatoms. The molecule has 1 aliphatic rings. The normalized spacial score (nSPS) is 24.3. The lowest BCUT2D eigenvalue weighted by Gasteiger charge is -2.23. The van der Waals surface area contributed by atoms with Gasteiger partial charge in [-0.1, -0.05) is 0 Å². The van der Waals surface area contributed by atoms with E-state index in [1.807, 2.05) is 0 Å². The molecule has 0 saturated carbocycles. The summed E-state index contributed by atoms with van der Waals surface area (Å²) in [6, 6.07) is 4.71. The number of hydrazine groups is 1. The van der Waals surface area contributed by atoms with Gasteiger partial charge in [-0.15, -0.1) is 0 Å². The molecular weight excluding hydrogens is 285 g/mol. The van der Waals surface area contributed by atoms with E-state index in [4.69, 9.17) is 4.74 Å². The Hall–Kier alpha value is -1.66. The highest BCUT2D eigenvalue weighted by molar-refractivity contribution is 5.96. The van der Waals surface area contributed by atoms with Crippen molar-refractivity contribution in [2.24, 2.45) is 5.92 Å². The van der Waals surface area contributed by atoms with Gasteiger partial charge in [0, 0.05) is 25.7 Å². The zero-order chi connectivity index (χ0) is 16.3. The van der Waals surface area contributed by atoms with E-state index < -0.39 is 5.82 Å². The van der Waals surface area contributed by atoms with Gasteiger partial charge in [0.1, 0.15) is 11.6 Å². The molecule has 2 unspecified atom stereocenters. The Morgan fingerprint density at radius 1 is 1.32 bits per heavy atom. The molecule has 0 aromatic heterocycles. The molecule has 0 bridgehead atoms. The zero-order valence-electron chi connectivity index (χ0n) is 13.5. The number of amides is 1. The van der Waals surface area contributed by atoms with E-state index in [9.17, 15) is 9.18 Å². The molecule has 1 aliphatic heterocycles. The molecule has 1 amide bonds. The first-order valence-corrected chi connectivity index (χ1v) is 7.54. The van der Waals surface area contributed by atoms with Crippen molar-refractivity contribution in [3.63, 3.8) is 0 Å². The third-order valence-corrected chi connectivity index (χ3v) is 4.36. The van der Waals surface area contributed by atoms with Crippen molar-refractivity contribution in [2.75, 3.05) is 20.7 Å². The van der Waals surface area contributed by atoms with E-state index in [2.05, 4.69) is 24.7 Å². The van der Waals surface area contributed by atoms with Crippen molar-refractivity contribution in [2.45, 2.75) is 32.4 Å². The van der Waals surface area contributed by atoms with Crippen LogP contribution < -0.4 is 15.6 Å². The Kier molecular flexibility index (Phi) is 5.37. The Bertz CT molecular complexity index is 528. The maximum absolute atomic E-state index is 13.4. The molecule has 5 nitrogen and oxygen atoms in total. The van der Waals surface area contributed by atoms with Crippen molar-refractivity contribution in [3.8, 4) is 5.75 Å². The van der Waals surface area contributed by atoms with Gasteiger partial charge in [-0.3, -0.25) is 15.6 Å². The van der Waals surface area contributed by atoms with Crippen LogP contribution in [0.15, 0.2) is 18.2 Å². The van der Waals surface area contributed by atoms with E-state index >= 15 is 0 Å². The van der Waals surface area contributed by atoms with Crippen LogP contribution in [0.4, 0.5) is 4.39 Å². The van der Waals surface area contributed by atoms with E-state index in [0.717, 1.165) is 6.42 Å². The van der Waals surface area contributed by atoms with Gasteiger partial charge in [0.15, 0.2) is 0 Å². The van der Waals surface area contributed by atoms with Crippen molar-refractivity contribution in [3.05, 3.63) is 29.6 Å². The highest BCUT2D eigenvalue weighted by atomic mass is 19.1. The number of carbonyl (C=O) groups is 1. The molecular formula is C16H24FN3O2. The Balaban J connectivity index is 2.02. The molecule has 1 aromatic rings. The number of hydrogen-bond acceptors (Lipinski definition) is 4. The quantitative estimate of drug-likeness (QED) is 0.871. The number of ether oxygens (including phenoxy) is 1. The van der Waals surface area contributed by atoms with Crippen LogP contribution >= 0.6 is 0 Å². The molecule has 122 valence electrons. The van der Waals surface area contributed by atoms with Crippen LogP contribution in [0.2, 0.25) is 0 Å². The van der Waals surface area contributed by atoms with E-state index in [0.29, 0.717) is 30.3 Å². The number of rotatable bonds is 5. The van der Waals surface area contributed by atoms with Gasteiger partial charge in [-0.05, 0) is 44.4 Å². The van der Waals surface area contributed by atoms with Crippen LogP contribution in [-0.2, 0) is 0 Å². The van der Waals surface area contributed by atoms with E-state index in [1.54, 1.807) is 11.9 Å². The topological polar surface area (TPSA) is 53.6 Å². The first kappa shape index (κ1) is 16.7. The standard InChI is InChI=1S/C16H24FN3O2/c1-10-13(11(2)19-18-10)7-8-20(3)16(21)14-9-12(17)5-6-15(14)22-4/h5-6,9-11,13,18-19H,7-8H2,1-4H3. The molecule has 1 saturated heterocycles. The molecule has 0 aliphatic carbocycles. The largest absolute Gasteiger partial charge is 0.496 e. The summed E-state index contributed by atoms with van der Waals surface area (Å²) in [6.07, 6.45) is 0.877. The Morgan fingerprint density at radius 2 is 1.95 bits per heavy atom. The van der Waals surface area contributed by atoms with Crippen molar-refractivity contribution >= 4 is 5.91 Å². The lowest BCUT2D eigenvalue weighted by molar-refractivity contribution is 0.0781.